The Morgan fingerprint density at radius 1 is 1.10 bits per heavy atom. The van der Waals surface area contributed by atoms with E-state index in [1.807, 2.05) is 32.0 Å². The minimum Gasteiger partial charge on any atom is -0.494 e. The van der Waals surface area contributed by atoms with Gasteiger partial charge in [0.05, 0.1) is 17.6 Å². The van der Waals surface area contributed by atoms with Crippen LogP contribution in [-0.4, -0.2) is 28.6 Å². The molecule has 0 saturated carbocycles. The van der Waals surface area contributed by atoms with Crippen LogP contribution in [0.2, 0.25) is 5.02 Å². The maximum absolute atomic E-state index is 11.0. The predicted molar refractivity (Wildman–Crippen MR) is 127 cm³/mol. The average molecular weight is 442 g/mol. The summed E-state index contributed by atoms with van der Waals surface area (Å²) in [6.07, 6.45) is 4.96. The number of hydrogen-bond donors (Lipinski definition) is 1. The van der Waals surface area contributed by atoms with E-state index in [0.717, 1.165) is 78.4 Å². The van der Waals surface area contributed by atoms with Gasteiger partial charge in [0.15, 0.2) is 0 Å². The Labute approximate surface area is 189 Å². The molecule has 1 N–H and O–H groups in total. The number of imidazole rings is 1. The number of nitrogens with zero attached hydrogens (tertiary/aromatic N) is 2. The van der Waals surface area contributed by atoms with Crippen LogP contribution >= 0.6 is 11.6 Å². The minimum atomic E-state index is 0.0351. The Morgan fingerprint density at radius 2 is 1.84 bits per heavy atom. The lowest BCUT2D eigenvalue weighted by atomic mass is 10.1. The third-order valence-electron chi connectivity index (χ3n) is 5.39. The second kappa shape index (κ2) is 11.2. The van der Waals surface area contributed by atoms with Crippen molar-refractivity contribution in [1.29, 1.82) is 0 Å². The van der Waals surface area contributed by atoms with Gasteiger partial charge in [-0.3, -0.25) is 4.79 Å². The second-order valence-corrected chi connectivity index (χ2v) is 8.41. The summed E-state index contributed by atoms with van der Waals surface area (Å²) in [6, 6.07) is 12.3. The summed E-state index contributed by atoms with van der Waals surface area (Å²) in [6.45, 7) is 7.81. The standard InChI is InChI=1S/C25H32ClN3O2/c1-18-16-21(17-19(2)25(18)26)31-15-9-14-29-23-11-7-6-10-22(23)28-24(29)12-5-4-8-13-27-20(3)30/h6-7,10-11,16-17H,4-5,8-9,12-15H2,1-3H3,(H,27,30). The summed E-state index contributed by atoms with van der Waals surface area (Å²) in [5, 5.41) is 3.66. The van der Waals surface area contributed by atoms with Crippen LogP contribution in [0.25, 0.3) is 11.0 Å². The monoisotopic (exact) mass is 441 g/mol. The van der Waals surface area contributed by atoms with Crippen LogP contribution in [0.4, 0.5) is 0 Å². The van der Waals surface area contributed by atoms with Crippen LogP contribution in [0, 0.1) is 13.8 Å². The molecule has 0 saturated heterocycles. The number of carbonyl (C=O) groups is 1. The Bertz CT molecular complexity index is 1010. The number of nitrogens with one attached hydrogen (secondary N) is 1. The number of aryl methyl sites for hydroxylation is 4. The summed E-state index contributed by atoms with van der Waals surface area (Å²) < 4.78 is 8.32. The maximum atomic E-state index is 11.0. The molecule has 1 heterocycles. The molecule has 6 heteroatoms. The zero-order chi connectivity index (χ0) is 22.2. The summed E-state index contributed by atoms with van der Waals surface area (Å²) in [5.74, 6) is 2.03. The van der Waals surface area contributed by atoms with Crippen molar-refractivity contribution in [2.75, 3.05) is 13.2 Å². The molecule has 0 aliphatic carbocycles. The Balaban J connectivity index is 1.56. The molecule has 1 aromatic heterocycles. The van der Waals surface area contributed by atoms with Gasteiger partial charge in [0.1, 0.15) is 11.6 Å². The normalized spacial score (nSPS) is 11.1. The molecule has 0 aliphatic rings. The van der Waals surface area contributed by atoms with Gasteiger partial charge in [0, 0.05) is 31.5 Å². The maximum Gasteiger partial charge on any atom is 0.216 e. The van der Waals surface area contributed by atoms with E-state index in [1.54, 1.807) is 6.92 Å². The number of para-hydroxylation sites is 2. The second-order valence-electron chi connectivity index (χ2n) is 8.04. The number of fused-ring (bicyclic) bond motifs is 1. The van der Waals surface area contributed by atoms with Gasteiger partial charge >= 0.3 is 0 Å². The molecule has 0 aliphatic heterocycles. The smallest absolute Gasteiger partial charge is 0.216 e. The molecular weight excluding hydrogens is 410 g/mol. The SMILES string of the molecule is CC(=O)NCCCCCc1nc2ccccc2n1CCCOc1cc(C)c(Cl)c(C)c1. The number of unbranched alkanes of at least 4 members (excludes halogenated alkanes) is 2. The number of ether oxygens (including phenoxy) is 1. The first-order valence-electron chi connectivity index (χ1n) is 11.0. The largest absolute Gasteiger partial charge is 0.494 e. The first kappa shape index (κ1) is 23.1. The Kier molecular flexibility index (Phi) is 8.35. The van der Waals surface area contributed by atoms with Gasteiger partial charge in [-0.15, -0.1) is 0 Å². The molecule has 0 spiro atoms. The van der Waals surface area contributed by atoms with E-state index in [4.69, 9.17) is 21.3 Å². The van der Waals surface area contributed by atoms with Crippen LogP contribution in [-0.2, 0) is 17.8 Å². The number of amides is 1. The van der Waals surface area contributed by atoms with Crippen molar-refractivity contribution < 1.29 is 9.53 Å². The summed E-state index contributed by atoms with van der Waals surface area (Å²) in [5.41, 5.74) is 4.30. The molecule has 0 bridgehead atoms. The van der Waals surface area contributed by atoms with E-state index in [9.17, 15) is 4.79 Å². The lowest BCUT2D eigenvalue weighted by molar-refractivity contribution is -0.118. The average Bonchev–Trinajstić information content (AvgIpc) is 3.09. The third-order valence-corrected chi connectivity index (χ3v) is 5.99. The molecule has 3 rings (SSSR count). The van der Waals surface area contributed by atoms with Gasteiger partial charge in [0.25, 0.3) is 0 Å². The van der Waals surface area contributed by atoms with Gasteiger partial charge in [-0.1, -0.05) is 30.2 Å². The number of benzene rings is 2. The zero-order valence-electron chi connectivity index (χ0n) is 18.7. The van der Waals surface area contributed by atoms with E-state index in [-0.39, 0.29) is 5.91 Å². The minimum absolute atomic E-state index is 0.0351. The first-order valence-corrected chi connectivity index (χ1v) is 11.4. The highest BCUT2D eigenvalue weighted by Gasteiger charge is 2.10. The highest BCUT2D eigenvalue weighted by molar-refractivity contribution is 6.32. The molecule has 3 aromatic rings. The van der Waals surface area contributed by atoms with Crippen molar-refractivity contribution in [2.45, 2.75) is 59.4 Å². The molecule has 0 unspecified atom stereocenters. The molecule has 5 nitrogen and oxygen atoms in total. The molecule has 31 heavy (non-hydrogen) atoms. The van der Waals surface area contributed by atoms with E-state index >= 15 is 0 Å². The fraction of sp³-hybridized carbons (Fsp3) is 0.440. The first-order chi connectivity index (χ1) is 15.0. The van der Waals surface area contributed by atoms with E-state index in [2.05, 4.69) is 28.1 Å². The summed E-state index contributed by atoms with van der Waals surface area (Å²) in [7, 11) is 0. The van der Waals surface area contributed by atoms with Gasteiger partial charge in [-0.2, -0.15) is 0 Å². The van der Waals surface area contributed by atoms with Crippen LogP contribution in [0.1, 0.15) is 49.6 Å². The lowest BCUT2D eigenvalue weighted by Gasteiger charge is -2.12. The highest BCUT2D eigenvalue weighted by Crippen LogP contribution is 2.26. The van der Waals surface area contributed by atoms with E-state index < -0.39 is 0 Å². The fourth-order valence-corrected chi connectivity index (χ4v) is 3.93. The number of halogens is 1. The van der Waals surface area contributed by atoms with Crippen LogP contribution in [0.5, 0.6) is 5.75 Å². The van der Waals surface area contributed by atoms with Crippen LogP contribution in [0.3, 0.4) is 0 Å². The number of rotatable bonds is 11. The Hall–Kier alpha value is -2.53. The van der Waals surface area contributed by atoms with E-state index in [1.165, 1.54) is 5.52 Å². The number of aromatic nitrogens is 2. The molecule has 0 atom stereocenters. The van der Waals surface area contributed by atoms with Crippen molar-refractivity contribution in [3.05, 3.63) is 58.4 Å². The van der Waals surface area contributed by atoms with Gasteiger partial charge < -0.3 is 14.6 Å². The zero-order valence-corrected chi connectivity index (χ0v) is 19.5. The number of carbonyl (C=O) groups excluding carboxylic acids is 1. The van der Waals surface area contributed by atoms with Crippen molar-refractivity contribution in [3.8, 4) is 5.75 Å². The molecular formula is C25H32ClN3O2. The quantitative estimate of drug-likeness (QED) is 0.392. The highest BCUT2D eigenvalue weighted by atomic mass is 35.5. The van der Waals surface area contributed by atoms with Crippen molar-refractivity contribution in [1.82, 2.24) is 14.9 Å². The predicted octanol–water partition coefficient (Wildman–Crippen LogP) is 5.62. The van der Waals surface area contributed by atoms with Gasteiger partial charge in [-0.05, 0) is 68.5 Å². The molecule has 0 radical (unpaired) electrons. The molecule has 2 aromatic carbocycles. The fourth-order valence-electron chi connectivity index (χ4n) is 3.82. The molecule has 166 valence electrons. The summed E-state index contributed by atoms with van der Waals surface area (Å²) in [4.78, 5) is 15.8. The van der Waals surface area contributed by atoms with Crippen molar-refractivity contribution >= 4 is 28.5 Å². The third kappa shape index (κ3) is 6.47. The van der Waals surface area contributed by atoms with Crippen molar-refractivity contribution in [3.63, 3.8) is 0 Å². The van der Waals surface area contributed by atoms with Gasteiger partial charge in [-0.25, -0.2) is 4.98 Å². The van der Waals surface area contributed by atoms with E-state index in [0.29, 0.717) is 6.61 Å². The van der Waals surface area contributed by atoms with Crippen LogP contribution in [0.15, 0.2) is 36.4 Å². The lowest BCUT2D eigenvalue weighted by Crippen LogP contribution is -2.20. The summed E-state index contributed by atoms with van der Waals surface area (Å²) >= 11 is 6.25. The Morgan fingerprint density at radius 3 is 2.58 bits per heavy atom. The topological polar surface area (TPSA) is 56.2 Å². The molecule has 1 amide bonds. The molecule has 0 fully saturated rings. The number of hydrogen-bond acceptors (Lipinski definition) is 3. The van der Waals surface area contributed by atoms with Crippen molar-refractivity contribution in [2.24, 2.45) is 0 Å². The van der Waals surface area contributed by atoms with Gasteiger partial charge in [0.2, 0.25) is 5.91 Å². The van der Waals surface area contributed by atoms with Crippen LogP contribution < -0.4 is 10.1 Å².